The summed E-state index contributed by atoms with van der Waals surface area (Å²) < 4.78 is 65.1. The van der Waals surface area contributed by atoms with Gasteiger partial charge in [-0.15, -0.1) is 0 Å². The first-order chi connectivity index (χ1) is 14.1. The van der Waals surface area contributed by atoms with E-state index in [0.29, 0.717) is 23.5 Å². The first-order valence-electron chi connectivity index (χ1n) is 8.57. The van der Waals surface area contributed by atoms with E-state index in [1.54, 1.807) is 36.4 Å². The Morgan fingerprint density at radius 3 is 1.93 bits per heavy atom. The molecule has 0 saturated heterocycles. The maximum absolute atomic E-state index is 12.6. The number of sulfonamides is 1. The van der Waals surface area contributed by atoms with Crippen molar-refractivity contribution in [2.75, 3.05) is 15.4 Å². The molecule has 0 atom stereocenters. The molecule has 0 radical (unpaired) electrons. The molecule has 0 aromatic heterocycles. The molecule has 3 rings (SSSR count). The molecule has 0 aliphatic carbocycles. The number of para-hydroxylation sites is 1. The van der Waals surface area contributed by atoms with Gasteiger partial charge >= 0.3 is 12.2 Å². The highest BCUT2D eigenvalue weighted by molar-refractivity contribution is 7.92. The second-order valence-electron chi connectivity index (χ2n) is 6.15. The van der Waals surface area contributed by atoms with E-state index in [-0.39, 0.29) is 10.6 Å². The van der Waals surface area contributed by atoms with Gasteiger partial charge in [0.15, 0.2) is 0 Å². The van der Waals surface area contributed by atoms with Gasteiger partial charge in [0.05, 0.1) is 16.1 Å². The lowest BCUT2D eigenvalue weighted by atomic mass is 10.2. The quantitative estimate of drug-likeness (QED) is 0.518. The highest BCUT2D eigenvalue weighted by Gasteiger charge is 2.30. The minimum atomic E-state index is -4.56. The predicted octanol–water partition coefficient (Wildman–Crippen LogP) is 5.15. The molecule has 0 fully saturated rings. The lowest BCUT2D eigenvalue weighted by Gasteiger charge is -2.12. The van der Waals surface area contributed by atoms with E-state index in [9.17, 15) is 26.4 Å². The second kappa shape index (κ2) is 8.46. The number of carbonyl (C=O) groups is 1. The molecule has 0 aliphatic rings. The van der Waals surface area contributed by atoms with Crippen LogP contribution in [0.4, 0.5) is 35.0 Å². The number of hydrogen-bond donors (Lipinski definition) is 3. The molecule has 0 aliphatic heterocycles. The van der Waals surface area contributed by atoms with Crippen molar-refractivity contribution in [3.05, 3.63) is 84.4 Å². The Labute approximate surface area is 170 Å². The third-order valence-corrected chi connectivity index (χ3v) is 5.29. The molecule has 2 amide bonds. The van der Waals surface area contributed by atoms with Crippen LogP contribution >= 0.6 is 0 Å². The molecule has 0 heterocycles. The fourth-order valence-corrected chi connectivity index (χ4v) is 3.56. The zero-order valence-electron chi connectivity index (χ0n) is 15.3. The van der Waals surface area contributed by atoms with Crippen molar-refractivity contribution in [1.82, 2.24) is 0 Å². The number of benzene rings is 3. The van der Waals surface area contributed by atoms with Gasteiger partial charge < -0.3 is 10.6 Å². The Hall–Kier alpha value is -3.53. The van der Waals surface area contributed by atoms with Gasteiger partial charge in [0.1, 0.15) is 0 Å². The Bertz CT molecular complexity index is 1130. The summed E-state index contributed by atoms with van der Waals surface area (Å²) in [5, 5.41) is 5.19. The fraction of sp³-hybridized carbons (Fsp3) is 0.0500. The van der Waals surface area contributed by atoms with Gasteiger partial charge in [-0.2, -0.15) is 13.2 Å². The lowest BCUT2D eigenvalue weighted by Crippen LogP contribution is -2.19. The third-order valence-electron chi connectivity index (χ3n) is 3.90. The number of rotatable bonds is 5. The number of nitrogens with one attached hydrogen (secondary N) is 3. The molecule has 6 nitrogen and oxygen atoms in total. The van der Waals surface area contributed by atoms with Gasteiger partial charge in [-0.3, -0.25) is 4.72 Å². The summed E-state index contributed by atoms with van der Waals surface area (Å²) in [6.45, 7) is 0. The van der Waals surface area contributed by atoms with E-state index in [1.807, 2.05) is 0 Å². The van der Waals surface area contributed by atoms with E-state index in [2.05, 4.69) is 15.4 Å². The number of amides is 2. The summed E-state index contributed by atoms with van der Waals surface area (Å²) in [4.78, 5) is 11.7. The van der Waals surface area contributed by atoms with Crippen molar-refractivity contribution in [3.63, 3.8) is 0 Å². The molecular formula is C20H16F3N3O3S. The maximum Gasteiger partial charge on any atom is 0.416 e. The van der Waals surface area contributed by atoms with Crippen molar-refractivity contribution in [3.8, 4) is 0 Å². The highest BCUT2D eigenvalue weighted by atomic mass is 32.2. The Kier molecular flexibility index (Phi) is 5.97. The molecule has 0 bridgehead atoms. The lowest BCUT2D eigenvalue weighted by molar-refractivity contribution is -0.137. The van der Waals surface area contributed by atoms with E-state index in [4.69, 9.17) is 0 Å². The number of carbonyl (C=O) groups excluding carboxylic acids is 1. The smallest absolute Gasteiger partial charge is 0.308 e. The normalized spacial score (nSPS) is 11.6. The minimum absolute atomic E-state index is 0.132. The number of halogens is 3. The van der Waals surface area contributed by atoms with Crippen molar-refractivity contribution >= 4 is 33.1 Å². The van der Waals surface area contributed by atoms with Crippen molar-refractivity contribution in [2.24, 2.45) is 0 Å². The maximum atomic E-state index is 12.6. The van der Waals surface area contributed by atoms with Crippen LogP contribution in [0.15, 0.2) is 83.8 Å². The van der Waals surface area contributed by atoms with Crippen LogP contribution in [0.5, 0.6) is 0 Å². The minimum Gasteiger partial charge on any atom is -0.308 e. The second-order valence-corrected chi connectivity index (χ2v) is 7.84. The SMILES string of the molecule is O=C(Nc1ccccc1)Nc1cccc(NS(=O)(=O)c2ccc(C(F)(F)F)cc2)c1. The molecule has 3 N–H and O–H groups in total. The van der Waals surface area contributed by atoms with Crippen molar-refractivity contribution < 1.29 is 26.4 Å². The van der Waals surface area contributed by atoms with Crippen LogP contribution in [-0.2, 0) is 16.2 Å². The summed E-state index contributed by atoms with van der Waals surface area (Å²) in [7, 11) is -4.12. The van der Waals surface area contributed by atoms with Crippen LogP contribution in [0.25, 0.3) is 0 Å². The highest BCUT2D eigenvalue weighted by Crippen LogP contribution is 2.30. The average molecular weight is 435 g/mol. The topological polar surface area (TPSA) is 87.3 Å². The van der Waals surface area contributed by atoms with E-state index >= 15 is 0 Å². The first-order valence-corrected chi connectivity index (χ1v) is 10.0. The molecule has 0 saturated carbocycles. The van der Waals surface area contributed by atoms with E-state index in [1.165, 1.54) is 18.2 Å². The van der Waals surface area contributed by atoms with Crippen LogP contribution in [0.2, 0.25) is 0 Å². The molecule has 3 aromatic carbocycles. The Balaban J connectivity index is 1.70. The van der Waals surface area contributed by atoms with Crippen LogP contribution in [0.3, 0.4) is 0 Å². The van der Waals surface area contributed by atoms with Gasteiger partial charge in [-0.1, -0.05) is 24.3 Å². The molecule has 3 aromatic rings. The molecule has 156 valence electrons. The summed E-state index contributed by atoms with van der Waals surface area (Å²) in [6.07, 6.45) is -4.56. The fourth-order valence-electron chi connectivity index (χ4n) is 2.51. The van der Waals surface area contributed by atoms with Crippen LogP contribution in [0, 0.1) is 0 Å². The number of hydrogen-bond acceptors (Lipinski definition) is 3. The molecule has 10 heteroatoms. The van der Waals surface area contributed by atoms with Gasteiger partial charge in [0, 0.05) is 11.4 Å². The molecule has 0 unspecified atom stereocenters. The molecule has 30 heavy (non-hydrogen) atoms. The zero-order chi connectivity index (χ0) is 21.8. The van der Waals surface area contributed by atoms with Gasteiger partial charge in [-0.25, -0.2) is 13.2 Å². The van der Waals surface area contributed by atoms with Crippen molar-refractivity contribution in [2.45, 2.75) is 11.1 Å². The average Bonchev–Trinajstić information content (AvgIpc) is 2.68. The first kappa shape index (κ1) is 21.2. The monoisotopic (exact) mass is 435 g/mol. The van der Waals surface area contributed by atoms with E-state index < -0.39 is 27.8 Å². The van der Waals surface area contributed by atoms with Crippen LogP contribution in [-0.4, -0.2) is 14.4 Å². The number of urea groups is 1. The molecular weight excluding hydrogens is 419 g/mol. The van der Waals surface area contributed by atoms with E-state index in [0.717, 1.165) is 12.1 Å². The summed E-state index contributed by atoms with van der Waals surface area (Å²) in [5.74, 6) is 0. The Morgan fingerprint density at radius 2 is 1.30 bits per heavy atom. The summed E-state index contributed by atoms with van der Waals surface area (Å²) in [5.41, 5.74) is 0.0784. The van der Waals surface area contributed by atoms with Gasteiger partial charge in [0.2, 0.25) is 0 Å². The summed E-state index contributed by atoms with van der Waals surface area (Å²) >= 11 is 0. The number of anilines is 3. The zero-order valence-corrected chi connectivity index (χ0v) is 16.1. The number of alkyl halides is 3. The van der Waals surface area contributed by atoms with Gasteiger partial charge in [0.25, 0.3) is 10.0 Å². The summed E-state index contributed by atoms with van der Waals surface area (Å²) in [6, 6.07) is 17.2. The predicted molar refractivity (Wildman–Crippen MR) is 108 cm³/mol. The largest absolute Gasteiger partial charge is 0.416 e. The van der Waals surface area contributed by atoms with Crippen molar-refractivity contribution in [1.29, 1.82) is 0 Å². The Morgan fingerprint density at radius 1 is 0.733 bits per heavy atom. The van der Waals surface area contributed by atoms with Crippen LogP contribution in [0.1, 0.15) is 5.56 Å². The van der Waals surface area contributed by atoms with Crippen LogP contribution < -0.4 is 15.4 Å². The molecule has 0 spiro atoms. The van der Waals surface area contributed by atoms with Gasteiger partial charge in [-0.05, 0) is 54.6 Å². The third kappa shape index (κ3) is 5.51. The standard InChI is InChI=1S/C20H16F3N3O3S/c21-20(22,23)14-9-11-18(12-10-14)30(28,29)26-17-8-4-7-16(13-17)25-19(27)24-15-5-2-1-3-6-15/h1-13,26H,(H2,24,25,27).